The molecule has 0 heterocycles. The molecule has 1 aliphatic rings. The van der Waals surface area contributed by atoms with Crippen molar-refractivity contribution in [2.45, 2.75) is 35.0 Å². The second-order valence-corrected chi connectivity index (χ2v) is 5.12. The molecule has 0 aliphatic heterocycles. The van der Waals surface area contributed by atoms with Crippen molar-refractivity contribution >= 4 is 18.5 Å². The zero-order chi connectivity index (χ0) is 16.4. The first kappa shape index (κ1) is 18.2. The fraction of sp³-hybridized carbons (Fsp3) is 1.00. The summed E-state index contributed by atoms with van der Waals surface area (Å²) >= 11 is 0. The Morgan fingerprint density at radius 1 is 0.450 bits per heavy atom. The van der Waals surface area contributed by atoms with E-state index in [4.69, 9.17) is 0 Å². The van der Waals surface area contributed by atoms with Crippen LogP contribution in [0, 0.1) is 0 Å². The molecule has 0 spiro atoms. The first-order valence-electron chi connectivity index (χ1n) is 4.91. The number of hydrogen-bond donors (Lipinski definition) is 0. The number of hydrogen-bond acceptors (Lipinski definition) is 0. The van der Waals surface area contributed by atoms with Gasteiger partial charge in [0, 0.05) is 12.3 Å². The minimum atomic E-state index is -6.34. The monoisotopic (exact) mass is 356 g/mol. The molecule has 0 nitrogen and oxygen atoms in total. The van der Waals surface area contributed by atoms with Crippen molar-refractivity contribution in [2.24, 2.45) is 0 Å². The summed E-state index contributed by atoms with van der Waals surface area (Å²) in [6.45, 7) is 0. The summed E-state index contributed by atoms with van der Waals surface area (Å²) in [5, 5.41) is 0. The molecule has 12 heteroatoms. The average molecular weight is 356 g/mol. The van der Waals surface area contributed by atoms with Crippen molar-refractivity contribution in [1.82, 2.24) is 0 Å². The number of halogens is 10. The lowest BCUT2D eigenvalue weighted by Crippen LogP contribution is -2.85. The molecule has 1 rings (SSSR count). The van der Waals surface area contributed by atoms with E-state index in [0.29, 0.717) is 0 Å². The van der Waals surface area contributed by atoms with Crippen LogP contribution in [0.5, 0.6) is 0 Å². The number of rotatable bonds is 2. The normalized spacial score (nSPS) is 41.4. The Hall–Kier alpha value is 0.160. The van der Waals surface area contributed by atoms with Gasteiger partial charge in [0.2, 0.25) is 0 Å². The van der Waals surface area contributed by atoms with E-state index < -0.39 is 47.4 Å². The molecule has 1 saturated carbocycles. The summed E-state index contributed by atoms with van der Waals surface area (Å²) < 4.78 is 134. The number of alkyl halides is 10. The second kappa shape index (κ2) is 4.34. The Morgan fingerprint density at radius 3 is 0.700 bits per heavy atom. The standard InChI is InChI=1S/C8H8F10P2/c9-3(1-19)5(11,12)7(15,16)4(10,2-20)8(17,18)6(3,13)14/h1-2,19-20H2. The Morgan fingerprint density at radius 2 is 0.600 bits per heavy atom. The highest BCUT2D eigenvalue weighted by molar-refractivity contribution is 7.16. The molecule has 120 valence electrons. The molecule has 0 radical (unpaired) electrons. The van der Waals surface area contributed by atoms with Crippen LogP contribution in [-0.2, 0) is 0 Å². The van der Waals surface area contributed by atoms with Crippen molar-refractivity contribution < 1.29 is 43.9 Å². The van der Waals surface area contributed by atoms with Gasteiger partial charge in [0.15, 0.2) is 0 Å². The van der Waals surface area contributed by atoms with Gasteiger partial charge in [-0.05, 0) is 0 Å². The minimum absolute atomic E-state index is 0.925. The molecule has 0 bridgehead atoms. The van der Waals surface area contributed by atoms with Gasteiger partial charge in [-0.25, -0.2) is 8.78 Å². The first-order valence-corrected chi connectivity index (χ1v) is 6.55. The zero-order valence-corrected chi connectivity index (χ0v) is 11.7. The van der Waals surface area contributed by atoms with Gasteiger partial charge in [-0.1, -0.05) is 0 Å². The molecular weight excluding hydrogens is 348 g/mol. The van der Waals surface area contributed by atoms with Crippen molar-refractivity contribution in [2.75, 3.05) is 12.3 Å². The van der Waals surface area contributed by atoms with Crippen LogP contribution in [0.4, 0.5) is 43.9 Å². The fourth-order valence-corrected chi connectivity index (χ4v) is 2.93. The van der Waals surface area contributed by atoms with Gasteiger partial charge in [0.1, 0.15) is 0 Å². The van der Waals surface area contributed by atoms with Gasteiger partial charge < -0.3 is 0 Å². The van der Waals surface area contributed by atoms with Crippen LogP contribution in [0.1, 0.15) is 0 Å². The largest absolute Gasteiger partial charge is 0.353 e. The van der Waals surface area contributed by atoms with Crippen LogP contribution in [0.25, 0.3) is 0 Å². The SMILES string of the molecule is FC1(F)C(F)(F)C(F)(CP)C(F)(F)C(F)(F)C1(F)CP. The van der Waals surface area contributed by atoms with E-state index in [1.54, 1.807) is 0 Å². The van der Waals surface area contributed by atoms with E-state index in [1.165, 1.54) is 0 Å². The molecule has 0 saturated heterocycles. The molecule has 2 unspecified atom stereocenters. The predicted molar refractivity (Wildman–Crippen MR) is 56.6 cm³/mol. The van der Waals surface area contributed by atoms with Crippen LogP contribution in [0.3, 0.4) is 0 Å². The molecule has 2 atom stereocenters. The molecule has 20 heavy (non-hydrogen) atoms. The summed E-state index contributed by atoms with van der Waals surface area (Å²) in [6.07, 6.45) is -4.27. The van der Waals surface area contributed by atoms with E-state index in [0.717, 1.165) is 18.5 Å². The van der Waals surface area contributed by atoms with Crippen molar-refractivity contribution in [3.05, 3.63) is 0 Å². The molecule has 0 amide bonds. The third-order valence-corrected chi connectivity index (χ3v) is 4.47. The van der Waals surface area contributed by atoms with Gasteiger partial charge in [-0.3, -0.25) is 0 Å². The Labute approximate surface area is 111 Å². The maximum absolute atomic E-state index is 13.7. The lowest BCUT2D eigenvalue weighted by Gasteiger charge is -2.55. The molecule has 0 N–H and O–H groups in total. The van der Waals surface area contributed by atoms with Crippen molar-refractivity contribution in [1.29, 1.82) is 0 Å². The molecule has 0 aromatic heterocycles. The van der Waals surface area contributed by atoms with Gasteiger partial charge in [0.05, 0.1) is 0 Å². The van der Waals surface area contributed by atoms with E-state index in [1.807, 2.05) is 0 Å². The van der Waals surface area contributed by atoms with Gasteiger partial charge in [-0.2, -0.15) is 35.1 Å². The second-order valence-electron chi connectivity index (χ2n) is 4.31. The summed E-state index contributed by atoms with van der Waals surface area (Å²) in [5.74, 6) is -25.3. The highest BCUT2D eigenvalue weighted by atomic mass is 31.0. The molecule has 0 aromatic rings. The van der Waals surface area contributed by atoms with Crippen molar-refractivity contribution in [3.63, 3.8) is 0 Å². The maximum atomic E-state index is 13.7. The molecule has 1 aliphatic carbocycles. The quantitative estimate of drug-likeness (QED) is 0.523. The van der Waals surface area contributed by atoms with E-state index >= 15 is 0 Å². The van der Waals surface area contributed by atoms with E-state index in [2.05, 4.69) is 0 Å². The first-order chi connectivity index (χ1) is 8.62. The van der Waals surface area contributed by atoms with Crippen LogP contribution in [0.2, 0.25) is 0 Å². The van der Waals surface area contributed by atoms with Crippen LogP contribution in [-0.4, -0.2) is 47.4 Å². The average Bonchev–Trinajstić information content (AvgIpc) is 2.33. The van der Waals surface area contributed by atoms with Crippen molar-refractivity contribution in [3.8, 4) is 0 Å². The third-order valence-electron chi connectivity index (χ3n) is 3.34. The predicted octanol–water partition coefficient (Wildman–Crippen LogP) is 3.71. The Kier molecular flexibility index (Phi) is 3.95. The fourth-order valence-electron chi connectivity index (χ4n) is 1.90. The summed E-state index contributed by atoms with van der Waals surface area (Å²) in [7, 11) is 1.85. The summed E-state index contributed by atoms with van der Waals surface area (Å²) in [6, 6.07) is 0. The Balaban J connectivity index is 3.81. The third kappa shape index (κ3) is 1.48. The van der Waals surface area contributed by atoms with E-state index in [-0.39, 0.29) is 0 Å². The van der Waals surface area contributed by atoms with Gasteiger partial charge in [0.25, 0.3) is 11.3 Å². The summed E-state index contributed by atoms with van der Waals surface area (Å²) in [5.41, 5.74) is -11.2. The highest BCUT2D eigenvalue weighted by Gasteiger charge is 2.98. The molecular formula is C8H8F10P2. The maximum Gasteiger partial charge on any atom is 0.353 e. The lowest BCUT2D eigenvalue weighted by molar-refractivity contribution is -0.451. The minimum Gasteiger partial charge on any atom is -0.230 e. The van der Waals surface area contributed by atoms with Crippen LogP contribution >= 0.6 is 18.5 Å². The van der Waals surface area contributed by atoms with E-state index in [9.17, 15) is 43.9 Å². The molecule has 0 aromatic carbocycles. The topological polar surface area (TPSA) is 0 Å². The smallest absolute Gasteiger partial charge is 0.230 e. The van der Waals surface area contributed by atoms with Gasteiger partial charge >= 0.3 is 23.7 Å². The highest BCUT2D eigenvalue weighted by Crippen LogP contribution is 2.69. The lowest BCUT2D eigenvalue weighted by atomic mass is 9.68. The Bertz CT molecular complexity index is 340. The van der Waals surface area contributed by atoms with Crippen LogP contribution < -0.4 is 0 Å². The van der Waals surface area contributed by atoms with Crippen LogP contribution in [0.15, 0.2) is 0 Å². The summed E-state index contributed by atoms with van der Waals surface area (Å²) in [4.78, 5) is 0. The van der Waals surface area contributed by atoms with Gasteiger partial charge in [-0.15, -0.1) is 18.5 Å². The zero-order valence-electron chi connectivity index (χ0n) is 9.35. The molecule has 1 fully saturated rings.